The Hall–Kier alpha value is -1.85. The van der Waals surface area contributed by atoms with Crippen LogP contribution in [0.25, 0.3) is 0 Å². The van der Waals surface area contributed by atoms with Gasteiger partial charge in [0.15, 0.2) is 19.0 Å². The van der Waals surface area contributed by atoms with Crippen LogP contribution in [0.1, 0.15) is 47.1 Å². The summed E-state index contributed by atoms with van der Waals surface area (Å²) in [6.07, 6.45) is -1.43. The smallest absolute Gasteiger partial charge is 0.303 e. The van der Waals surface area contributed by atoms with E-state index in [-0.39, 0.29) is 31.9 Å². The van der Waals surface area contributed by atoms with Gasteiger partial charge in [-0.1, -0.05) is 0 Å². The molecule has 0 aliphatic carbocycles. The number of anilines is 2. The molecule has 0 bridgehead atoms. The Labute approximate surface area is 295 Å². The molecule has 1 heterocycles. The van der Waals surface area contributed by atoms with E-state index in [9.17, 15) is 28.8 Å². The minimum Gasteiger partial charge on any atom is -0.462 e. The van der Waals surface area contributed by atoms with Gasteiger partial charge in [0.05, 0.1) is 28.1 Å². The van der Waals surface area contributed by atoms with E-state index in [4.69, 9.17) is 28.4 Å². The summed E-state index contributed by atoms with van der Waals surface area (Å²) in [5.74, 6) is -4.59. The molecule has 17 heteroatoms. The van der Waals surface area contributed by atoms with Crippen molar-refractivity contribution in [3.05, 3.63) is 16.3 Å². The second-order valence-corrected chi connectivity index (χ2v) is 13.2. The predicted octanol–water partition coefficient (Wildman–Crippen LogP) is 3.09. The van der Waals surface area contributed by atoms with Gasteiger partial charge in [0.25, 0.3) is 11.8 Å². The van der Waals surface area contributed by atoms with Gasteiger partial charge in [-0.25, -0.2) is 0 Å². The SMILES string of the molecule is CC(=O)OCC(=O)Nc1c(I)c(CC(COC(C)=O)OC(C)=O)c(I)c(N(CC2COC(C)(C)O2)C(=O)COC(C)=O)c1I. The third-order valence-electron chi connectivity index (χ3n) is 5.72. The third kappa shape index (κ3) is 11.8. The zero-order valence-corrected chi connectivity index (χ0v) is 31.3. The van der Waals surface area contributed by atoms with Crippen LogP contribution in [0.3, 0.4) is 0 Å². The van der Waals surface area contributed by atoms with Crippen molar-refractivity contribution >= 4 is 115 Å². The highest BCUT2D eigenvalue weighted by Gasteiger charge is 2.37. The molecule has 244 valence electrons. The molecular formula is C27H33I3N2O12. The van der Waals surface area contributed by atoms with Crippen LogP contribution in [0, 0.1) is 10.7 Å². The van der Waals surface area contributed by atoms with E-state index in [1.165, 1.54) is 32.6 Å². The number of carbonyl (C=O) groups is 6. The molecule has 1 fully saturated rings. The lowest BCUT2D eigenvalue weighted by Crippen LogP contribution is -2.42. The molecule has 1 aliphatic rings. The van der Waals surface area contributed by atoms with Crippen molar-refractivity contribution in [1.29, 1.82) is 0 Å². The molecule has 2 amide bonds. The monoisotopic (exact) mass is 958 g/mol. The fraction of sp³-hybridized carbons (Fsp3) is 0.556. The number of nitrogens with zero attached hydrogens (tertiary/aromatic N) is 1. The quantitative estimate of drug-likeness (QED) is 0.174. The van der Waals surface area contributed by atoms with Crippen LogP contribution in [-0.2, 0) is 63.6 Å². The highest BCUT2D eigenvalue weighted by molar-refractivity contribution is 14.1. The van der Waals surface area contributed by atoms with Crippen molar-refractivity contribution in [3.63, 3.8) is 0 Å². The summed E-state index contributed by atoms with van der Waals surface area (Å²) >= 11 is 6.05. The summed E-state index contributed by atoms with van der Waals surface area (Å²) in [6.45, 7) is 7.07. The number of nitrogens with one attached hydrogen (secondary N) is 1. The summed E-state index contributed by atoms with van der Waals surface area (Å²) in [5, 5.41) is 2.75. The van der Waals surface area contributed by atoms with Gasteiger partial charge in [0, 0.05) is 41.3 Å². The first kappa shape index (κ1) is 38.3. The van der Waals surface area contributed by atoms with Crippen LogP contribution in [0.2, 0.25) is 0 Å². The number of esters is 4. The lowest BCUT2D eigenvalue weighted by molar-refractivity contribution is -0.156. The molecule has 1 aromatic carbocycles. The molecule has 44 heavy (non-hydrogen) atoms. The molecular weight excluding hydrogens is 925 g/mol. The normalized spacial score (nSPS) is 16.0. The highest BCUT2D eigenvalue weighted by atomic mass is 127. The maximum absolute atomic E-state index is 13.6. The maximum atomic E-state index is 13.6. The Kier molecular flexibility index (Phi) is 15.0. The van der Waals surface area contributed by atoms with E-state index in [1.807, 2.05) is 67.8 Å². The van der Waals surface area contributed by atoms with Crippen molar-refractivity contribution in [3.8, 4) is 0 Å². The summed E-state index contributed by atoms with van der Waals surface area (Å²) in [4.78, 5) is 74.1. The Morgan fingerprint density at radius 1 is 0.886 bits per heavy atom. The Bertz CT molecular complexity index is 1300. The summed E-state index contributed by atoms with van der Waals surface area (Å²) in [7, 11) is 0. The molecule has 0 radical (unpaired) electrons. The minimum absolute atomic E-state index is 0.00276. The first-order valence-corrected chi connectivity index (χ1v) is 16.3. The molecule has 2 rings (SSSR count). The number of ether oxygens (including phenoxy) is 6. The molecule has 1 N–H and O–H groups in total. The zero-order valence-electron chi connectivity index (χ0n) is 24.9. The predicted molar refractivity (Wildman–Crippen MR) is 180 cm³/mol. The lowest BCUT2D eigenvalue weighted by Gasteiger charge is -2.31. The molecule has 1 aliphatic heterocycles. The molecule has 0 saturated carbocycles. The van der Waals surface area contributed by atoms with Crippen LogP contribution in [0.5, 0.6) is 0 Å². The number of amides is 2. The van der Waals surface area contributed by atoms with Crippen molar-refractivity contribution in [2.24, 2.45) is 0 Å². The highest BCUT2D eigenvalue weighted by Crippen LogP contribution is 2.42. The molecule has 1 saturated heterocycles. The van der Waals surface area contributed by atoms with Gasteiger partial charge in [0.1, 0.15) is 18.8 Å². The van der Waals surface area contributed by atoms with Gasteiger partial charge < -0.3 is 38.6 Å². The fourth-order valence-electron chi connectivity index (χ4n) is 3.99. The van der Waals surface area contributed by atoms with E-state index in [0.29, 0.717) is 22.0 Å². The fourth-order valence-corrected chi connectivity index (χ4v) is 8.45. The number of halogens is 3. The Morgan fingerprint density at radius 3 is 2.00 bits per heavy atom. The molecule has 2 unspecified atom stereocenters. The second-order valence-electron chi connectivity index (χ2n) is 9.95. The van der Waals surface area contributed by atoms with Crippen molar-refractivity contribution < 1.29 is 57.2 Å². The van der Waals surface area contributed by atoms with E-state index in [2.05, 4.69) is 5.32 Å². The van der Waals surface area contributed by atoms with Gasteiger partial charge in [-0.15, -0.1) is 0 Å². The molecule has 0 spiro atoms. The summed E-state index contributed by atoms with van der Waals surface area (Å²) in [5.41, 5.74) is 1.19. The van der Waals surface area contributed by atoms with E-state index < -0.39 is 66.9 Å². The van der Waals surface area contributed by atoms with Crippen LogP contribution in [0.4, 0.5) is 11.4 Å². The number of carbonyl (C=O) groups excluding carboxylic acids is 6. The van der Waals surface area contributed by atoms with Crippen molar-refractivity contribution in [2.75, 3.05) is 43.2 Å². The van der Waals surface area contributed by atoms with Crippen molar-refractivity contribution in [2.45, 2.75) is 66.0 Å². The second kappa shape index (κ2) is 17.2. The van der Waals surface area contributed by atoms with Crippen LogP contribution in [0.15, 0.2) is 0 Å². The third-order valence-corrected chi connectivity index (χ3v) is 9.12. The molecule has 14 nitrogen and oxygen atoms in total. The van der Waals surface area contributed by atoms with Gasteiger partial charge in [0.2, 0.25) is 0 Å². The van der Waals surface area contributed by atoms with E-state index in [0.717, 1.165) is 0 Å². The van der Waals surface area contributed by atoms with Gasteiger partial charge in [-0.3, -0.25) is 28.8 Å². The first-order chi connectivity index (χ1) is 20.4. The maximum Gasteiger partial charge on any atom is 0.303 e. The van der Waals surface area contributed by atoms with Crippen LogP contribution < -0.4 is 10.2 Å². The number of rotatable bonds is 13. The zero-order chi connectivity index (χ0) is 33.4. The topological polar surface area (TPSA) is 173 Å². The molecule has 1 aromatic rings. The summed E-state index contributed by atoms with van der Waals surface area (Å²) in [6, 6.07) is 0. The standard InChI is InChI=1S/C27H33I3N2O12/c1-13(33)39-9-17(43-16(4)36)7-19-22(28)25(31-20(37)11-40-14(2)34)24(30)26(23(19)29)32(21(38)12-41-15(3)35)8-18-10-42-27(5,6)44-18/h17-18H,7-12H2,1-6H3,(H,31,37). The Morgan fingerprint density at radius 2 is 1.48 bits per heavy atom. The van der Waals surface area contributed by atoms with E-state index >= 15 is 0 Å². The number of hydrogen-bond acceptors (Lipinski definition) is 12. The summed E-state index contributed by atoms with van der Waals surface area (Å²) < 4.78 is 33.6. The van der Waals surface area contributed by atoms with Gasteiger partial charge >= 0.3 is 23.9 Å². The Balaban J connectivity index is 2.73. The van der Waals surface area contributed by atoms with Gasteiger partial charge in [-0.05, 0) is 87.2 Å². The lowest BCUT2D eigenvalue weighted by atomic mass is 10.0. The number of benzene rings is 1. The molecule has 2 atom stereocenters. The van der Waals surface area contributed by atoms with Crippen molar-refractivity contribution in [1.82, 2.24) is 0 Å². The van der Waals surface area contributed by atoms with Crippen LogP contribution >= 0.6 is 67.8 Å². The molecule has 0 aromatic heterocycles. The van der Waals surface area contributed by atoms with E-state index in [1.54, 1.807) is 13.8 Å². The largest absolute Gasteiger partial charge is 0.462 e. The average molecular weight is 958 g/mol. The minimum atomic E-state index is -0.909. The van der Waals surface area contributed by atoms with Crippen LogP contribution in [-0.4, -0.2) is 86.7 Å². The van der Waals surface area contributed by atoms with Gasteiger partial charge in [-0.2, -0.15) is 0 Å². The average Bonchev–Trinajstić information content (AvgIpc) is 3.26. The number of hydrogen-bond donors (Lipinski definition) is 1. The first-order valence-electron chi connectivity index (χ1n) is 13.1.